The first-order valence-corrected chi connectivity index (χ1v) is 9.08. The number of allylic oxidation sites excluding steroid dienone is 2. The number of aliphatic hydroxyl groups excluding tert-OH is 2. The van der Waals surface area contributed by atoms with Gasteiger partial charge in [0, 0.05) is 6.42 Å². The van der Waals surface area contributed by atoms with E-state index in [4.69, 9.17) is 0 Å². The highest BCUT2D eigenvalue weighted by Crippen LogP contribution is 2.13. The van der Waals surface area contributed by atoms with Gasteiger partial charge in [0.1, 0.15) is 31.1 Å². The Hall–Kier alpha value is -2.14. The fourth-order valence-electron chi connectivity index (χ4n) is 2.82. The van der Waals surface area contributed by atoms with Crippen LogP contribution >= 0.6 is 0 Å². The molecule has 4 unspecified atom stereocenters. The molecule has 0 aliphatic rings. The molecule has 0 fully saturated rings. The summed E-state index contributed by atoms with van der Waals surface area (Å²) in [7, 11) is 10.2. The first kappa shape index (κ1) is 26.9. The number of quaternary nitrogens is 2. The predicted molar refractivity (Wildman–Crippen MR) is 98.6 cm³/mol. The van der Waals surface area contributed by atoms with Crippen LogP contribution in [-0.2, 0) is 19.2 Å². The van der Waals surface area contributed by atoms with Crippen LogP contribution in [0.3, 0.4) is 0 Å². The van der Waals surface area contributed by atoms with Crippen molar-refractivity contribution in [1.29, 1.82) is 0 Å². The van der Waals surface area contributed by atoms with Gasteiger partial charge in [-0.1, -0.05) is 6.08 Å². The van der Waals surface area contributed by atoms with Gasteiger partial charge in [-0.05, 0) is 6.08 Å². The first-order valence-electron chi connectivity index (χ1n) is 9.08. The molecular formula is C19H32N2O8. The van der Waals surface area contributed by atoms with Gasteiger partial charge >= 0.3 is 0 Å². The molecule has 0 aromatic heterocycles. The monoisotopic (exact) mass is 416 g/mol. The molecule has 0 aliphatic carbocycles. The van der Waals surface area contributed by atoms with Gasteiger partial charge in [-0.2, -0.15) is 0 Å². The maximum atomic E-state index is 12.2. The SMILES string of the molecule is C[N+](C)(C)CC(O)C(C(=O)[O-])C(=O)/C=C/CC(=O)C(C(=O)[O-])C(O)C[N+](C)(C)C. The molecule has 0 amide bonds. The van der Waals surface area contributed by atoms with Crippen LogP contribution in [0.4, 0.5) is 0 Å². The number of carbonyl (C=O) groups excluding carboxylic acids is 4. The van der Waals surface area contributed by atoms with Crippen LogP contribution < -0.4 is 10.2 Å². The fraction of sp³-hybridized carbons (Fsp3) is 0.684. The second kappa shape index (κ2) is 10.6. The number of carboxylic acid groups (broad SMARTS) is 2. The van der Waals surface area contributed by atoms with Crippen molar-refractivity contribution in [2.45, 2.75) is 18.6 Å². The standard InChI is InChI=1S/C19H32N2O8/c1-20(2,3)10-14(24)16(18(26)27)12(22)8-7-9-13(23)17(19(28)29)15(25)11-21(4,5)6/h7-8,14-17,24-25H,9-11H2,1-6H3/b8-7+. The van der Waals surface area contributed by atoms with Crippen LogP contribution in [0.5, 0.6) is 0 Å². The third kappa shape index (κ3) is 10.3. The molecule has 10 nitrogen and oxygen atoms in total. The number of aliphatic carboxylic acids is 2. The Morgan fingerprint density at radius 1 is 0.793 bits per heavy atom. The lowest BCUT2D eigenvalue weighted by molar-refractivity contribution is -0.873. The highest BCUT2D eigenvalue weighted by Gasteiger charge is 2.32. The Kier molecular flexibility index (Phi) is 9.80. The minimum atomic E-state index is -1.82. The maximum absolute atomic E-state index is 12.2. The van der Waals surface area contributed by atoms with Crippen LogP contribution in [0.2, 0.25) is 0 Å². The average Bonchev–Trinajstić information content (AvgIpc) is 2.42. The van der Waals surface area contributed by atoms with E-state index in [-0.39, 0.29) is 22.1 Å². The van der Waals surface area contributed by atoms with Crippen LogP contribution in [0.25, 0.3) is 0 Å². The smallest absolute Gasteiger partial charge is 0.166 e. The van der Waals surface area contributed by atoms with Crippen LogP contribution in [-0.4, -0.2) is 110 Å². The van der Waals surface area contributed by atoms with E-state index in [1.165, 1.54) is 0 Å². The number of carbonyl (C=O) groups is 4. The van der Waals surface area contributed by atoms with Gasteiger partial charge in [-0.15, -0.1) is 0 Å². The van der Waals surface area contributed by atoms with Gasteiger partial charge in [-0.25, -0.2) is 0 Å². The molecule has 0 saturated heterocycles. The van der Waals surface area contributed by atoms with Crippen molar-refractivity contribution in [1.82, 2.24) is 0 Å². The van der Waals surface area contributed by atoms with E-state index in [1.54, 1.807) is 42.3 Å². The molecule has 0 saturated carbocycles. The number of ketones is 2. The number of likely N-dealkylation sites (N-methyl/N-ethyl adjacent to an activating group) is 2. The molecule has 0 heterocycles. The molecule has 166 valence electrons. The average molecular weight is 416 g/mol. The minimum absolute atomic E-state index is 0.0168. The van der Waals surface area contributed by atoms with Crippen molar-refractivity contribution in [3.05, 3.63) is 12.2 Å². The number of rotatable bonds is 13. The molecule has 29 heavy (non-hydrogen) atoms. The molecule has 4 atom stereocenters. The zero-order valence-corrected chi connectivity index (χ0v) is 17.8. The number of Topliss-reactive ketones (excluding diaryl/α,β-unsaturated/α-hetero) is 1. The Balaban J connectivity index is 5.19. The zero-order chi connectivity index (χ0) is 23.2. The number of hydrogen-bond donors (Lipinski definition) is 2. The summed E-state index contributed by atoms with van der Waals surface area (Å²) in [5, 5.41) is 42.7. The normalized spacial score (nSPS) is 16.8. The summed E-state index contributed by atoms with van der Waals surface area (Å²) >= 11 is 0. The highest BCUT2D eigenvalue weighted by molar-refractivity contribution is 6.05. The van der Waals surface area contributed by atoms with E-state index in [9.17, 15) is 39.6 Å². The van der Waals surface area contributed by atoms with Crippen molar-refractivity contribution >= 4 is 23.5 Å². The lowest BCUT2D eigenvalue weighted by atomic mass is 9.93. The minimum Gasteiger partial charge on any atom is -0.549 e. The summed E-state index contributed by atoms with van der Waals surface area (Å²) in [5.74, 6) is -8.95. The summed E-state index contributed by atoms with van der Waals surface area (Å²) in [4.78, 5) is 46.9. The van der Waals surface area contributed by atoms with E-state index >= 15 is 0 Å². The Morgan fingerprint density at radius 3 is 1.52 bits per heavy atom. The number of nitrogens with zero attached hydrogens (tertiary/aromatic N) is 2. The van der Waals surface area contributed by atoms with Crippen molar-refractivity contribution < 1.29 is 48.6 Å². The van der Waals surface area contributed by atoms with E-state index < -0.39 is 54.0 Å². The third-order valence-corrected chi connectivity index (χ3v) is 4.00. The fourth-order valence-corrected chi connectivity index (χ4v) is 2.82. The van der Waals surface area contributed by atoms with E-state index in [0.29, 0.717) is 0 Å². The molecule has 0 bridgehead atoms. The van der Waals surface area contributed by atoms with E-state index in [1.807, 2.05) is 0 Å². The number of aliphatic hydroxyl groups is 2. The largest absolute Gasteiger partial charge is 0.549 e. The zero-order valence-electron chi connectivity index (χ0n) is 17.8. The molecule has 0 aliphatic heterocycles. The molecule has 0 rings (SSSR count). The number of carboxylic acids is 2. The van der Waals surface area contributed by atoms with E-state index in [0.717, 1.165) is 12.2 Å². The van der Waals surface area contributed by atoms with Gasteiger partial charge in [0.25, 0.3) is 0 Å². The summed E-state index contributed by atoms with van der Waals surface area (Å²) < 4.78 is 0.419. The van der Waals surface area contributed by atoms with Crippen LogP contribution in [0, 0.1) is 11.8 Å². The summed E-state index contributed by atoms with van der Waals surface area (Å²) in [6.07, 6.45) is -1.71. The van der Waals surface area contributed by atoms with Crippen LogP contribution in [0.15, 0.2) is 12.2 Å². The summed E-state index contributed by atoms with van der Waals surface area (Å²) in [6, 6.07) is 0. The second-order valence-electron chi connectivity index (χ2n) is 9.15. The molecule has 10 heteroatoms. The molecule has 0 radical (unpaired) electrons. The van der Waals surface area contributed by atoms with Crippen LogP contribution in [0.1, 0.15) is 6.42 Å². The molecule has 2 N–H and O–H groups in total. The molecule has 0 aromatic rings. The van der Waals surface area contributed by atoms with Crippen molar-refractivity contribution in [3.63, 3.8) is 0 Å². The van der Waals surface area contributed by atoms with Crippen molar-refractivity contribution in [2.24, 2.45) is 11.8 Å². The van der Waals surface area contributed by atoms with Gasteiger partial charge < -0.3 is 39.0 Å². The molecule has 0 spiro atoms. The molecule has 0 aromatic carbocycles. The Morgan fingerprint density at radius 2 is 1.17 bits per heavy atom. The first-order chi connectivity index (χ1) is 13.0. The second-order valence-corrected chi connectivity index (χ2v) is 9.15. The number of hydrogen-bond acceptors (Lipinski definition) is 8. The Bertz CT molecular complexity index is 646. The van der Waals surface area contributed by atoms with Gasteiger partial charge in [0.2, 0.25) is 0 Å². The molecular weight excluding hydrogens is 384 g/mol. The lowest BCUT2D eigenvalue weighted by Crippen LogP contribution is -2.51. The van der Waals surface area contributed by atoms with Gasteiger partial charge in [0.15, 0.2) is 5.78 Å². The van der Waals surface area contributed by atoms with E-state index in [2.05, 4.69) is 0 Å². The topological polar surface area (TPSA) is 155 Å². The quantitative estimate of drug-likeness (QED) is 0.175. The van der Waals surface area contributed by atoms with Gasteiger partial charge in [0.05, 0.1) is 66.1 Å². The summed E-state index contributed by atoms with van der Waals surface area (Å²) in [5.41, 5.74) is 0. The third-order valence-electron chi connectivity index (χ3n) is 4.00. The Labute approximate surface area is 170 Å². The van der Waals surface area contributed by atoms with Gasteiger partial charge in [-0.3, -0.25) is 9.59 Å². The van der Waals surface area contributed by atoms with Crippen molar-refractivity contribution in [2.75, 3.05) is 55.4 Å². The van der Waals surface area contributed by atoms with Crippen molar-refractivity contribution in [3.8, 4) is 0 Å². The predicted octanol–water partition coefficient (Wildman–Crippen LogP) is -4.06. The highest BCUT2D eigenvalue weighted by atomic mass is 16.4. The summed E-state index contributed by atoms with van der Waals surface area (Å²) in [6.45, 7) is -0.0435. The lowest BCUT2D eigenvalue weighted by Gasteiger charge is -2.30. The maximum Gasteiger partial charge on any atom is 0.166 e.